The van der Waals surface area contributed by atoms with E-state index in [1.54, 1.807) is 4.90 Å². The molecule has 21 heavy (non-hydrogen) atoms. The molecular weight excluding hydrogens is 334 g/mol. The first-order valence-corrected chi connectivity index (χ1v) is 8.24. The summed E-state index contributed by atoms with van der Waals surface area (Å²) in [6, 6.07) is 7.74. The zero-order chi connectivity index (χ0) is 15.6. The molecule has 0 aliphatic carbocycles. The van der Waals surface area contributed by atoms with Crippen LogP contribution in [-0.4, -0.2) is 34.1 Å². The summed E-state index contributed by atoms with van der Waals surface area (Å²) in [7, 11) is 0. The number of hydrogen-bond acceptors (Lipinski definition) is 3. The summed E-state index contributed by atoms with van der Waals surface area (Å²) in [6.07, 6.45) is -0.417. The Kier molecular flexibility index (Phi) is 4.81. The summed E-state index contributed by atoms with van der Waals surface area (Å²) < 4.78 is 11.5. The molecule has 0 bridgehead atoms. The molecule has 0 spiro atoms. The molecule has 0 fully saturated rings. The molecule has 1 heterocycles. The molecule has 1 aliphatic rings. The van der Waals surface area contributed by atoms with E-state index in [-0.39, 0.29) is 18.2 Å². The van der Waals surface area contributed by atoms with Crippen molar-refractivity contribution >= 4 is 22.0 Å². The minimum Gasteiger partial charge on any atom is -0.488 e. The smallest absolute Gasteiger partial charge is 0.411 e. The third-order valence-electron chi connectivity index (χ3n) is 3.35. The van der Waals surface area contributed by atoms with Gasteiger partial charge in [0.1, 0.15) is 17.5 Å². The standard InChI is InChI=1S/C16H22BrNO3/c1-11-13(9-17)18(15(19)21-16(2,3)4)10-12-7-5-6-8-14(12)20-11/h5-8,11,13H,9-10H2,1-4H3/t11-,13?/m0/s1. The molecule has 5 heteroatoms. The lowest BCUT2D eigenvalue weighted by molar-refractivity contribution is 0.00683. The van der Waals surface area contributed by atoms with Gasteiger partial charge in [0.25, 0.3) is 0 Å². The van der Waals surface area contributed by atoms with Crippen LogP contribution < -0.4 is 4.74 Å². The first kappa shape index (κ1) is 16.1. The molecule has 1 aromatic carbocycles. The van der Waals surface area contributed by atoms with Crippen molar-refractivity contribution < 1.29 is 14.3 Å². The highest BCUT2D eigenvalue weighted by Gasteiger charge is 2.35. The zero-order valence-electron chi connectivity index (χ0n) is 12.9. The summed E-state index contributed by atoms with van der Waals surface area (Å²) in [5.41, 5.74) is 0.489. The van der Waals surface area contributed by atoms with Crippen molar-refractivity contribution in [3.8, 4) is 5.75 Å². The molecule has 1 unspecified atom stereocenters. The maximum absolute atomic E-state index is 12.5. The molecule has 0 saturated carbocycles. The lowest BCUT2D eigenvalue weighted by atomic mass is 10.1. The molecule has 0 N–H and O–H groups in total. The van der Waals surface area contributed by atoms with Crippen LogP contribution in [-0.2, 0) is 11.3 Å². The van der Waals surface area contributed by atoms with Crippen molar-refractivity contribution in [2.24, 2.45) is 0 Å². The van der Waals surface area contributed by atoms with Gasteiger partial charge in [-0.05, 0) is 33.8 Å². The Morgan fingerprint density at radius 3 is 2.71 bits per heavy atom. The number of carbonyl (C=O) groups excluding carboxylic acids is 1. The van der Waals surface area contributed by atoms with Gasteiger partial charge in [0.2, 0.25) is 0 Å². The number of halogens is 1. The first-order chi connectivity index (χ1) is 9.81. The monoisotopic (exact) mass is 355 g/mol. The van der Waals surface area contributed by atoms with Crippen molar-refractivity contribution in [1.29, 1.82) is 0 Å². The normalized spacial score (nSPS) is 22.0. The van der Waals surface area contributed by atoms with E-state index in [2.05, 4.69) is 15.9 Å². The van der Waals surface area contributed by atoms with E-state index in [9.17, 15) is 4.79 Å². The Morgan fingerprint density at radius 1 is 1.43 bits per heavy atom. The number of alkyl halides is 1. The molecule has 1 aromatic rings. The zero-order valence-corrected chi connectivity index (χ0v) is 14.5. The molecule has 2 atom stereocenters. The van der Waals surface area contributed by atoms with Gasteiger partial charge >= 0.3 is 6.09 Å². The Hall–Kier alpha value is -1.23. The molecule has 0 saturated heterocycles. The van der Waals surface area contributed by atoms with Crippen LogP contribution in [0.1, 0.15) is 33.3 Å². The molecular formula is C16H22BrNO3. The number of fused-ring (bicyclic) bond motifs is 1. The number of ether oxygens (including phenoxy) is 2. The Morgan fingerprint density at radius 2 is 2.10 bits per heavy atom. The lowest BCUT2D eigenvalue weighted by Gasteiger charge is -2.33. The fraction of sp³-hybridized carbons (Fsp3) is 0.562. The van der Waals surface area contributed by atoms with E-state index >= 15 is 0 Å². The van der Waals surface area contributed by atoms with Crippen LogP contribution in [0.15, 0.2) is 24.3 Å². The Bertz CT molecular complexity index is 512. The van der Waals surface area contributed by atoms with Gasteiger partial charge in [-0.25, -0.2) is 4.79 Å². The van der Waals surface area contributed by atoms with Crippen LogP contribution in [0.2, 0.25) is 0 Å². The Balaban J connectivity index is 2.30. The highest BCUT2D eigenvalue weighted by molar-refractivity contribution is 9.09. The largest absolute Gasteiger partial charge is 0.488 e. The molecule has 1 amide bonds. The SMILES string of the molecule is C[C@@H]1Oc2ccccc2CN(C(=O)OC(C)(C)C)C1CBr. The van der Waals surface area contributed by atoms with Crippen LogP contribution in [0.3, 0.4) is 0 Å². The second kappa shape index (κ2) is 6.26. The summed E-state index contributed by atoms with van der Waals surface area (Å²) >= 11 is 3.49. The van der Waals surface area contributed by atoms with Crippen molar-refractivity contribution in [2.45, 2.75) is 52.0 Å². The molecule has 0 radical (unpaired) electrons. The number of carbonyl (C=O) groups is 1. The highest BCUT2D eigenvalue weighted by atomic mass is 79.9. The first-order valence-electron chi connectivity index (χ1n) is 7.12. The van der Waals surface area contributed by atoms with Crippen LogP contribution in [0, 0.1) is 0 Å². The average molecular weight is 356 g/mol. The summed E-state index contributed by atoms with van der Waals surface area (Å²) in [6.45, 7) is 8.09. The second-order valence-corrected chi connectivity index (χ2v) is 6.91. The highest BCUT2D eigenvalue weighted by Crippen LogP contribution is 2.29. The van der Waals surface area contributed by atoms with E-state index < -0.39 is 5.60 Å². The summed E-state index contributed by atoms with van der Waals surface area (Å²) in [5.74, 6) is 0.835. The van der Waals surface area contributed by atoms with Gasteiger partial charge in [0.05, 0.1) is 12.6 Å². The third kappa shape index (κ3) is 3.90. The van der Waals surface area contributed by atoms with Crippen LogP contribution in [0.25, 0.3) is 0 Å². The lowest BCUT2D eigenvalue weighted by Crippen LogP contribution is -2.48. The molecule has 2 rings (SSSR count). The van der Waals surface area contributed by atoms with Gasteiger partial charge in [-0.3, -0.25) is 4.90 Å². The van der Waals surface area contributed by atoms with E-state index in [1.165, 1.54) is 0 Å². The predicted octanol–water partition coefficient (Wildman–Crippen LogP) is 3.97. The van der Waals surface area contributed by atoms with E-state index in [4.69, 9.17) is 9.47 Å². The average Bonchev–Trinajstić information content (AvgIpc) is 2.52. The maximum atomic E-state index is 12.5. The fourth-order valence-corrected chi connectivity index (χ4v) is 3.19. The van der Waals surface area contributed by atoms with Crippen LogP contribution >= 0.6 is 15.9 Å². The minimum atomic E-state index is -0.510. The number of nitrogens with zero attached hydrogens (tertiary/aromatic N) is 1. The predicted molar refractivity (Wildman–Crippen MR) is 85.9 cm³/mol. The minimum absolute atomic E-state index is 0.0766. The van der Waals surface area contributed by atoms with Gasteiger partial charge in [-0.1, -0.05) is 34.1 Å². The third-order valence-corrected chi connectivity index (χ3v) is 4.02. The molecule has 0 aromatic heterocycles. The van der Waals surface area contributed by atoms with Crippen LogP contribution in [0.4, 0.5) is 4.79 Å². The van der Waals surface area contributed by atoms with Crippen molar-refractivity contribution in [3.63, 3.8) is 0 Å². The topological polar surface area (TPSA) is 38.8 Å². The van der Waals surface area contributed by atoms with Gasteiger partial charge in [-0.2, -0.15) is 0 Å². The number of rotatable bonds is 1. The van der Waals surface area contributed by atoms with Crippen LogP contribution in [0.5, 0.6) is 5.75 Å². The number of benzene rings is 1. The van der Waals surface area contributed by atoms with E-state index in [1.807, 2.05) is 52.0 Å². The number of hydrogen-bond donors (Lipinski definition) is 0. The van der Waals surface area contributed by atoms with Crippen molar-refractivity contribution in [3.05, 3.63) is 29.8 Å². The maximum Gasteiger partial charge on any atom is 0.411 e. The number of para-hydroxylation sites is 1. The van der Waals surface area contributed by atoms with Gasteiger partial charge in [-0.15, -0.1) is 0 Å². The van der Waals surface area contributed by atoms with Crippen molar-refractivity contribution in [1.82, 2.24) is 4.90 Å². The van der Waals surface area contributed by atoms with Gasteiger partial charge in [0.15, 0.2) is 0 Å². The Labute approximate surface area is 134 Å². The van der Waals surface area contributed by atoms with Crippen molar-refractivity contribution in [2.75, 3.05) is 5.33 Å². The fourth-order valence-electron chi connectivity index (χ4n) is 2.31. The van der Waals surface area contributed by atoms with Gasteiger partial charge in [0, 0.05) is 10.9 Å². The summed E-state index contributed by atoms with van der Waals surface area (Å²) in [5, 5.41) is 0.640. The summed E-state index contributed by atoms with van der Waals surface area (Å²) in [4.78, 5) is 14.3. The second-order valence-electron chi connectivity index (χ2n) is 6.26. The van der Waals surface area contributed by atoms with Gasteiger partial charge < -0.3 is 9.47 Å². The van der Waals surface area contributed by atoms with E-state index in [0.717, 1.165) is 11.3 Å². The van der Waals surface area contributed by atoms with E-state index in [0.29, 0.717) is 11.9 Å². The molecule has 4 nitrogen and oxygen atoms in total. The quantitative estimate of drug-likeness (QED) is 0.715. The molecule has 116 valence electrons. The molecule has 1 aliphatic heterocycles. The number of amides is 1.